The molecule has 47 heavy (non-hydrogen) atoms. The number of halogens is 1. The molecule has 0 saturated heterocycles. The molecule has 6 heteroatoms. The summed E-state index contributed by atoms with van der Waals surface area (Å²) in [7, 11) is 4.90. The fourth-order valence-electron chi connectivity index (χ4n) is 7.25. The zero-order chi connectivity index (χ0) is 32.9. The van der Waals surface area contributed by atoms with Gasteiger partial charge in [-0.2, -0.15) is 0 Å². The average molecular weight is 631 g/mol. The number of hydrogen-bond donors (Lipinski definition) is 0. The van der Waals surface area contributed by atoms with Gasteiger partial charge in [0, 0.05) is 33.6 Å². The Balaban J connectivity index is 1.50. The molecule has 0 amide bonds. The Kier molecular flexibility index (Phi) is 7.62. The van der Waals surface area contributed by atoms with Crippen molar-refractivity contribution in [3.63, 3.8) is 0 Å². The molecule has 0 spiro atoms. The fourth-order valence-corrected chi connectivity index (χ4v) is 7.25. The summed E-state index contributed by atoms with van der Waals surface area (Å²) in [6.07, 6.45) is 6.36. The van der Waals surface area contributed by atoms with E-state index in [1.807, 2.05) is 42.5 Å². The third kappa shape index (κ3) is 4.81. The van der Waals surface area contributed by atoms with Gasteiger partial charge in [-0.1, -0.05) is 63.6 Å². The number of unbranched alkanes of at least 4 members (excludes halogenated alkanes) is 1. The summed E-state index contributed by atoms with van der Waals surface area (Å²) in [4.78, 5) is 0. The summed E-state index contributed by atoms with van der Waals surface area (Å²) >= 11 is 0. The van der Waals surface area contributed by atoms with Crippen LogP contribution >= 0.6 is 0 Å². The molecule has 5 aromatic rings. The van der Waals surface area contributed by atoms with Gasteiger partial charge in [0.2, 0.25) is 0 Å². The summed E-state index contributed by atoms with van der Waals surface area (Å²) in [6, 6.07) is 25.2. The van der Waals surface area contributed by atoms with E-state index in [0.29, 0.717) is 18.1 Å². The van der Waals surface area contributed by atoms with Crippen LogP contribution in [0.3, 0.4) is 0 Å². The minimum Gasteiger partial charge on any atom is -0.497 e. The lowest BCUT2D eigenvalue weighted by Gasteiger charge is -2.38. The minimum absolute atomic E-state index is 0.373. The highest BCUT2D eigenvalue weighted by atomic mass is 19.1. The number of rotatable bonds is 9. The van der Waals surface area contributed by atoms with Crippen LogP contribution in [0, 0.1) is 5.82 Å². The molecule has 0 saturated carbocycles. The van der Waals surface area contributed by atoms with Crippen molar-refractivity contribution in [1.29, 1.82) is 0 Å². The molecule has 0 N–H and O–H groups in total. The zero-order valence-corrected chi connectivity index (χ0v) is 27.7. The SMILES string of the molecule is CCCCOc1ccc(C2(c3ccc(OC)cc3)C=Cc3c4c(c5cc(F)cc(OC)c5c3O2)-c2ccc(OC)cc2C4(C)C)cc1. The first-order chi connectivity index (χ1) is 22.7. The van der Waals surface area contributed by atoms with Crippen molar-refractivity contribution in [2.45, 2.75) is 44.6 Å². The Morgan fingerprint density at radius 2 is 1.43 bits per heavy atom. The topological polar surface area (TPSA) is 46.2 Å². The van der Waals surface area contributed by atoms with Gasteiger partial charge in [-0.15, -0.1) is 0 Å². The van der Waals surface area contributed by atoms with Gasteiger partial charge < -0.3 is 23.7 Å². The fraction of sp³-hybridized carbons (Fsp3) is 0.268. The Morgan fingerprint density at radius 3 is 2.06 bits per heavy atom. The van der Waals surface area contributed by atoms with Crippen LogP contribution in [0.1, 0.15) is 61.4 Å². The lowest BCUT2D eigenvalue weighted by atomic mass is 9.76. The van der Waals surface area contributed by atoms with Gasteiger partial charge in [-0.25, -0.2) is 4.39 Å². The maximum atomic E-state index is 15.4. The van der Waals surface area contributed by atoms with Crippen molar-refractivity contribution in [2.75, 3.05) is 27.9 Å². The van der Waals surface area contributed by atoms with Crippen LogP contribution in [0.4, 0.5) is 4.39 Å². The molecule has 1 aliphatic carbocycles. The maximum absolute atomic E-state index is 15.4. The molecule has 1 unspecified atom stereocenters. The van der Waals surface area contributed by atoms with Crippen molar-refractivity contribution in [3.05, 3.63) is 119 Å². The van der Waals surface area contributed by atoms with E-state index in [0.717, 1.165) is 79.8 Å². The largest absolute Gasteiger partial charge is 0.497 e. The van der Waals surface area contributed by atoms with Crippen LogP contribution in [-0.2, 0) is 11.0 Å². The molecule has 1 atom stereocenters. The summed E-state index contributed by atoms with van der Waals surface area (Å²) < 4.78 is 45.8. The van der Waals surface area contributed by atoms with Gasteiger partial charge in [0.25, 0.3) is 0 Å². The van der Waals surface area contributed by atoms with E-state index in [1.165, 1.54) is 6.07 Å². The molecular weight excluding hydrogens is 591 g/mol. The number of methoxy groups -OCH3 is 3. The number of fused-ring (bicyclic) bond motifs is 8. The Hall–Kier alpha value is -4.97. The van der Waals surface area contributed by atoms with Gasteiger partial charge in [-0.3, -0.25) is 0 Å². The van der Waals surface area contributed by atoms with Crippen LogP contribution in [0.5, 0.6) is 28.7 Å². The lowest BCUT2D eigenvalue weighted by molar-refractivity contribution is 0.162. The van der Waals surface area contributed by atoms with Crippen LogP contribution in [0.25, 0.3) is 28.0 Å². The average Bonchev–Trinajstić information content (AvgIpc) is 3.34. The van der Waals surface area contributed by atoms with E-state index in [2.05, 4.69) is 57.2 Å². The van der Waals surface area contributed by atoms with Crippen molar-refractivity contribution < 1.29 is 28.1 Å². The molecule has 0 aromatic heterocycles. The second-order valence-electron chi connectivity index (χ2n) is 12.7. The van der Waals surface area contributed by atoms with E-state index in [-0.39, 0.29) is 5.82 Å². The smallest absolute Gasteiger partial charge is 0.178 e. The molecule has 1 aliphatic heterocycles. The van der Waals surface area contributed by atoms with Crippen molar-refractivity contribution >= 4 is 16.8 Å². The first-order valence-corrected chi connectivity index (χ1v) is 16.1. The molecule has 0 bridgehead atoms. The molecule has 0 radical (unpaired) electrons. The first-order valence-electron chi connectivity index (χ1n) is 16.1. The Labute approximate surface area is 275 Å². The van der Waals surface area contributed by atoms with Crippen molar-refractivity contribution in [1.82, 2.24) is 0 Å². The second kappa shape index (κ2) is 11.7. The normalized spacial score (nSPS) is 17.0. The van der Waals surface area contributed by atoms with Crippen molar-refractivity contribution in [2.24, 2.45) is 0 Å². The molecule has 0 fully saturated rings. The van der Waals surface area contributed by atoms with E-state index in [1.54, 1.807) is 27.4 Å². The summed E-state index contributed by atoms with van der Waals surface area (Å²) in [5, 5.41) is 1.47. The molecule has 240 valence electrons. The van der Waals surface area contributed by atoms with Gasteiger partial charge in [0.05, 0.1) is 33.3 Å². The molecule has 5 aromatic carbocycles. The monoisotopic (exact) mass is 630 g/mol. The highest BCUT2D eigenvalue weighted by Gasteiger charge is 2.45. The van der Waals surface area contributed by atoms with Crippen molar-refractivity contribution in [3.8, 4) is 39.9 Å². The minimum atomic E-state index is -1.01. The van der Waals surface area contributed by atoms with Crippen LogP contribution < -0.4 is 23.7 Å². The van der Waals surface area contributed by atoms with Gasteiger partial charge in [-0.05, 0) is 77.2 Å². The van der Waals surface area contributed by atoms with Crippen LogP contribution in [0.15, 0.2) is 84.9 Å². The zero-order valence-electron chi connectivity index (χ0n) is 27.7. The molecule has 1 heterocycles. The predicted molar refractivity (Wildman–Crippen MR) is 185 cm³/mol. The quantitative estimate of drug-likeness (QED) is 0.152. The molecular formula is C41H39FO5. The molecule has 2 aliphatic rings. The van der Waals surface area contributed by atoms with E-state index in [4.69, 9.17) is 23.7 Å². The lowest BCUT2D eigenvalue weighted by Crippen LogP contribution is -2.35. The van der Waals surface area contributed by atoms with Crippen LogP contribution in [-0.4, -0.2) is 27.9 Å². The van der Waals surface area contributed by atoms with E-state index in [9.17, 15) is 0 Å². The van der Waals surface area contributed by atoms with E-state index >= 15 is 4.39 Å². The first kappa shape index (κ1) is 30.7. The Morgan fingerprint density at radius 1 is 0.766 bits per heavy atom. The Bertz CT molecular complexity index is 2010. The third-order valence-corrected chi connectivity index (χ3v) is 9.66. The van der Waals surface area contributed by atoms with Gasteiger partial charge >= 0.3 is 0 Å². The maximum Gasteiger partial charge on any atom is 0.178 e. The summed E-state index contributed by atoms with van der Waals surface area (Å²) in [6.45, 7) is 7.22. The van der Waals surface area contributed by atoms with Gasteiger partial charge in [0.15, 0.2) is 5.60 Å². The number of hydrogen-bond acceptors (Lipinski definition) is 5. The number of benzene rings is 5. The van der Waals surface area contributed by atoms with E-state index < -0.39 is 11.0 Å². The van der Waals surface area contributed by atoms with Gasteiger partial charge in [0.1, 0.15) is 34.6 Å². The van der Waals surface area contributed by atoms with Crippen LogP contribution in [0.2, 0.25) is 0 Å². The summed E-state index contributed by atoms with van der Waals surface area (Å²) in [5.74, 6) is 3.02. The highest BCUT2D eigenvalue weighted by molar-refractivity contribution is 6.10. The third-order valence-electron chi connectivity index (χ3n) is 9.66. The second-order valence-corrected chi connectivity index (χ2v) is 12.7. The molecule has 5 nitrogen and oxygen atoms in total. The standard InChI is InChI=1S/C41H39FO5/c1-7-8-21-46-29-15-11-26(12-16-29)41(25-9-13-28(43-4)14-10-25)20-19-32-38-36(31-18-17-30(44-5)24-34(31)40(38,2)3)33-22-27(42)23-35(45-6)37(33)39(32)47-41/h9-20,22-24H,7-8,21H2,1-6H3. The number of ether oxygens (including phenoxy) is 5. The highest BCUT2D eigenvalue weighted by Crippen LogP contribution is 2.59. The molecule has 7 rings (SSSR count). The summed E-state index contributed by atoms with van der Waals surface area (Å²) in [5.41, 5.74) is 5.57. The predicted octanol–water partition coefficient (Wildman–Crippen LogP) is 9.84.